The van der Waals surface area contributed by atoms with Gasteiger partial charge in [-0.3, -0.25) is 4.79 Å². The van der Waals surface area contributed by atoms with Gasteiger partial charge in [0, 0.05) is 5.92 Å². The highest BCUT2D eigenvalue weighted by molar-refractivity contribution is 5.87. The Kier molecular flexibility index (Phi) is 4.97. The van der Waals surface area contributed by atoms with Gasteiger partial charge in [-0.1, -0.05) is 49.4 Å². The summed E-state index contributed by atoms with van der Waals surface area (Å²) in [5, 5.41) is 5.64. The van der Waals surface area contributed by atoms with Crippen LogP contribution >= 0.6 is 0 Å². The molecule has 0 aromatic heterocycles. The van der Waals surface area contributed by atoms with Crippen LogP contribution in [-0.2, 0) is 4.79 Å². The number of quaternary nitrogens is 1. The van der Waals surface area contributed by atoms with E-state index in [9.17, 15) is 4.79 Å². The smallest absolute Gasteiger partial charge is 0.275 e. The van der Waals surface area contributed by atoms with Crippen molar-refractivity contribution in [2.75, 3.05) is 19.6 Å². The summed E-state index contributed by atoms with van der Waals surface area (Å²) in [6.45, 7) is 7.21. The first kappa shape index (κ1) is 16.0. The van der Waals surface area contributed by atoms with Crippen LogP contribution in [0.5, 0.6) is 0 Å². The number of carbonyl (C=O) groups excluding carboxylic acids is 1. The first-order chi connectivity index (χ1) is 11.1. The summed E-state index contributed by atoms with van der Waals surface area (Å²) in [6, 6.07) is 14.7. The van der Waals surface area contributed by atoms with Gasteiger partial charge in [0.2, 0.25) is 0 Å². The molecule has 1 aliphatic heterocycles. The Morgan fingerprint density at radius 3 is 2.87 bits per heavy atom. The van der Waals surface area contributed by atoms with Gasteiger partial charge in [0.05, 0.1) is 19.1 Å². The summed E-state index contributed by atoms with van der Waals surface area (Å²) in [5.41, 5.74) is 1.19. The summed E-state index contributed by atoms with van der Waals surface area (Å²) in [7, 11) is 0. The van der Waals surface area contributed by atoms with Crippen molar-refractivity contribution in [3.05, 3.63) is 48.0 Å². The molecule has 0 radical (unpaired) electrons. The normalized spacial score (nSPS) is 22.7. The Hall–Kier alpha value is -1.87. The second-order valence-electron chi connectivity index (χ2n) is 6.99. The standard InChI is InChI=1S/C20H26N2O/c1-15-7-6-12-22(13-15)14-20(23)21-16(2)18-11-5-9-17-8-3-4-10-19(17)18/h3-5,8-11,15-16H,6-7,12-14H2,1-2H3,(H,21,23)/p+1/t15-,16-/m0/s1. The second kappa shape index (κ2) is 7.14. The molecule has 1 unspecified atom stereocenters. The Balaban J connectivity index is 1.66. The molecule has 1 heterocycles. The van der Waals surface area contributed by atoms with E-state index in [4.69, 9.17) is 0 Å². The number of benzene rings is 2. The van der Waals surface area contributed by atoms with E-state index < -0.39 is 0 Å². The quantitative estimate of drug-likeness (QED) is 0.893. The van der Waals surface area contributed by atoms with Crippen LogP contribution in [0.1, 0.15) is 38.3 Å². The van der Waals surface area contributed by atoms with Gasteiger partial charge in [0.25, 0.3) is 5.91 Å². The molecule has 2 N–H and O–H groups in total. The fourth-order valence-corrected chi connectivity index (χ4v) is 3.78. The Morgan fingerprint density at radius 2 is 2.04 bits per heavy atom. The number of carbonyl (C=O) groups is 1. The van der Waals surface area contributed by atoms with Crippen LogP contribution in [-0.4, -0.2) is 25.5 Å². The minimum atomic E-state index is 0.0372. The fraction of sp³-hybridized carbons (Fsp3) is 0.450. The lowest BCUT2D eigenvalue weighted by atomic mass is 9.99. The number of piperidine rings is 1. The molecule has 1 amide bonds. The van der Waals surface area contributed by atoms with Crippen LogP contribution in [0.25, 0.3) is 10.8 Å². The largest absolute Gasteiger partial charge is 0.345 e. The van der Waals surface area contributed by atoms with Gasteiger partial charge >= 0.3 is 0 Å². The third kappa shape index (κ3) is 3.91. The van der Waals surface area contributed by atoms with Crippen LogP contribution in [0.15, 0.2) is 42.5 Å². The number of hydrogen-bond acceptors (Lipinski definition) is 1. The molecule has 0 saturated carbocycles. The summed E-state index contributed by atoms with van der Waals surface area (Å²) < 4.78 is 0. The van der Waals surface area contributed by atoms with E-state index in [0.717, 1.165) is 19.0 Å². The molecule has 2 aromatic carbocycles. The number of rotatable bonds is 4. The lowest BCUT2D eigenvalue weighted by molar-refractivity contribution is -0.900. The summed E-state index contributed by atoms with van der Waals surface area (Å²) in [4.78, 5) is 13.8. The lowest BCUT2D eigenvalue weighted by Gasteiger charge is -2.27. The predicted octanol–water partition coefficient (Wildman–Crippen LogP) is 2.33. The van der Waals surface area contributed by atoms with Crippen molar-refractivity contribution in [2.24, 2.45) is 5.92 Å². The van der Waals surface area contributed by atoms with Gasteiger partial charge in [0.15, 0.2) is 6.54 Å². The minimum absolute atomic E-state index is 0.0372. The molecule has 2 aromatic rings. The maximum absolute atomic E-state index is 12.4. The summed E-state index contributed by atoms with van der Waals surface area (Å²) in [6.07, 6.45) is 2.54. The molecular formula is C20H27N2O+. The zero-order chi connectivity index (χ0) is 16.2. The highest BCUT2D eigenvalue weighted by Gasteiger charge is 2.23. The summed E-state index contributed by atoms with van der Waals surface area (Å²) >= 11 is 0. The Bertz CT molecular complexity index is 677. The topological polar surface area (TPSA) is 33.5 Å². The van der Waals surface area contributed by atoms with E-state index in [1.807, 2.05) is 0 Å². The van der Waals surface area contributed by atoms with Gasteiger partial charge in [0.1, 0.15) is 0 Å². The van der Waals surface area contributed by atoms with E-state index >= 15 is 0 Å². The van der Waals surface area contributed by atoms with Crippen LogP contribution in [0, 0.1) is 5.92 Å². The Morgan fingerprint density at radius 1 is 1.26 bits per heavy atom. The van der Waals surface area contributed by atoms with Gasteiger partial charge < -0.3 is 10.2 Å². The second-order valence-corrected chi connectivity index (χ2v) is 6.99. The van der Waals surface area contributed by atoms with Crippen LogP contribution in [0.2, 0.25) is 0 Å². The van der Waals surface area contributed by atoms with E-state index in [0.29, 0.717) is 6.54 Å². The predicted molar refractivity (Wildman–Crippen MR) is 94.5 cm³/mol. The van der Waals surface area contributed by atoms with Gasteiger partial charge in [-0.05, 0) is 36.1 Å². The van der Waals surface area contributed by atoms with E-state index in [2.05, 4.69) is 61.6 Å². The number of fused-ring (bicyclic) bond motifs is 1. The molecule has 1 aliphatic rings. The average Bonchev–Trinajstić information content (AvgIpc) is 2.54. The van der Waals surface area contributed by atoms with Crippen molar-refractivity contribution in [2.45, 2.75) is 32.7 Å². The van der Waals surface area contributed by atoms with Crippen molar-refractivity contribution in [3.63, 3.8) is 0 Å². The number of hydrogen-bond donors (Lipinski definition) is 2. The minimum Gasteiger partial charge on any atom is -0.345 e. The first-order valence-corrected chi connectivity index (χ1v) is 8.74. The fourth-order valence-electron chi connectivity index (χ4n) is 3.78. The molecule has 0 aliphatic carbocycles. The van der Waals surface area contributed by atoms with Crippen molar-refractivity contribution >= 4 is 16.7 Å². The highest BCUT2D eigenvalue weighted by atomic mass is 16.2. The molecule has 1 saturated heterocycles. The number of nitrogens with one attached hydrogen (secondary N) is 2. The first-order valence-electron chi connectivity index (χ1n) is 8.74. The van der Waals surface area contributed by atoms with Crippen molar-refractivity contribution in [1.29, 1.82) is 0 Å². The van der Waals surface area contributed by atoms with Crippen molar-refractivity contribution < 1.29 is 9.69 Å². The van der Waals surface area contributed by atoms with Gasteiger partial charge in [-0.25, -0.2) is 0 Å². The molecule has 3 nitrogen and oxygen atoms in total. The average molecular weight is 311 g/mol. The molecule has 23 heavy (non-hydrogen) atoms. The number of amides is 1. The molecule has 0 bridgehead atoms. The summed E-state index contributed by atoms with van der Waals surface area (Å²) in [5.74, 6) is 0.900. The molecular weight excluding hydrogens is 284 g/mol. The van der Waals surface area contributed by atoms with Crippen molar-refractivity contribution in [1.82, 2.24) is 5.32 Å². The van der Waals surface area contributed by atoms with E-state index in [-0.39, 0.29) is 11.9 Å². The van der Waals surface area contributed by atoms with Gasteiger partial charge in [-0.15, -0.1) is 0 Å². The molecule has 0 spiro atoms. The van der Waals surface area contributed by atoms with Crippen molar-refractivity contribution in [3.8, 4) is 0 Å². The third-order valence-corrected chi connectivity index (χ3v) is 4.94. The Labute approximate surface area is 138 Å². The van der Waals surface area contributed by atoms with Gasteiger partial charge in [-0.2, -0.15) is 0 Å². The molecule has 3 rings (SSSR count). The molecule has 3 heteroatoms. The zero-order valence-electron chi connectivity index (χ0n) is 14.1. The van der Waals surface area contributed by atoms with Crippen LogP contribution in [0.3, 0.4) is 0 Å². The lowest BCUT2D eigenvalue weighted by Crippen LogP contribution is -3.14. The SMILES string of the molecule is C[C@H]1CCC[NH+](CC(=O)N[C@@H](C)c2cccc3ccccc23)C1. The molecule has 1 fully saturated rings. The zero-order valence-corrected chi connectivity index (χ0v) is 14.1. The maximum Gasteiger partial charge on any atom is 0.275 e. The molecule has 122 valence electrons. The van der Waals surface area contributed by atoms with E-state index in [1.54, 1.807) is 0 Å². The number of likely N-dealkylation sites (tertiary alicyclic amines) is 1. The monoisotopic (exact) mass is 311 g/mol. The molecule has 3 atom stereocenters. The van der Waals surface area contributed by atoms with Crippen LogP contribution in [0.4, 0.5) is 0 Å². The highest BCUT2D eigenvalue weighted by Crippen LogP contribution is 2.23. The third-order valence-electron chi connectivity index (χ3n) is 4.94. The van der Waals surface area contributed by atoms with E-state index in [1.165, 1.54) is 34.1 Å². The maximum atomic E-state index is 12.4. The van der Waals surface area contributed by atoms with Crippen LogP contribution < -0.4 is 10.2 Å².